The highest BCUT2D eigenvalue weighted by Crippen LogP contribution is 2.39. The van der Waals surface area contributed by atoms with Gasteiger partial charge in [0, 0.05) is 11.1 Å². The summed E-state index contributed by atoms with van der Waals surface area (Å²) in [5.74, 6) is 1.77. The Morgan fingerprint density at radius 2 is 1.95 bits per heavy atom. The van der Waals surface area contributed by atoms with Crippen LogP contribution in [0.4, 0.5) is 0 Å². The Bertz CT molecular complexity index is 411. The van der Waals surface area contributed by atoms with Gasteiger partial charge in [-0.3, -0.25) is 0 Å². The van der Waals surface area contributed by atoms with Crippen molar-refractivity contribution in [2.75, 3.05) is 6.54 Å². The first-order chi connectivity index (χ1) is 9.36. The van der Waals surface area contributed by atoms with Gasteiger partial charge in [-0.25, -0.2) is 4.98 Å². The minimum atomic E-state index is 0.397. The molecule has 1 N–H and O–H groups in total. The number of aryl methyl sites for hydroxylation is 1. The normalized spacial score (nSPS) is 25.6. The maximum absolute atomic E-state index is 4.57. The molecule has 2 nitrogen and oxygen atoms in total. The number of thiazole rings is 1. The maximum atomic E-state index is 4.57. The molecule has 1 aliphatic carbocycles. The molecule has 0 aromatic carbocycles. The van der Waals surface area contributed by atoms with E-state index in [1.807, 2.05) is 0 Å². The third-order valence-electron chi connectivity index (χ3n) is 4.79. The highest BCUT2D eigenvalue weighted by molar-refractivity contribution is 7.09. The highest BCUT2D eigenvalue weighted by Gasteiger charge is 2.29. The van der Waals surface area contributed by atoms with Crippen LogP contribution in [0.2, 0.25) is 0 Å². The summed E-state index contributed by atoms with van der Waals surface area (Å²) < 4.78 is 0. The van der Waals surface area contributed by atoms with Gasteiger partial charge in [0.25, 0.3) is 0 Å². The molecule has 0 amide bonds. The van der Waals surface area contributed by atoms with Crippen molar-refractivity contribution in [3.63, 3.8) is 0 Å². The number of aromatic nitrogens is 1. The quantitative estimate of drug-likeness (QED) is 0.849. The molecule has 1 aromatic rings. The monoisotopic (exact) mass is 294 g/mol. The van der Waals surface area contributed by atoms with E-state index in [4.69, 9.17) is 0 Å². The number of rotatable bonds is 4. The van der Waals surface area contributed by atoms with Gasteiger partial charge in [-0.15, -0.1) is 11.3 Å². The Morgan fingerprint density at radius 3 is 2.45 bits per heavy atom. The van der Waals surface area contributed by atoms with E-state index in [2.05, 4.69) is 50.3 Å². The van der Waals surface area contributed by atoms with Gasteiger partial charge < -0.3 is 5.32 Å². The zero-order chi connectivity index (χ0) is 14.8. The Kier molecular flexibility index (Phi) is 5.25. The van der Waals surface area contributed by atoms with Crippen molar-refractivity contribution >= 4 is 11.3 Å². The first-order valence-corrected chi connectivity index (χ1v) is 8.89. The van der Waals surface area contributed by atoms with E-state index in [-0.39, 0.29) is 0 Å². The fraction of sp³-hybridized carbons (Fsp3) is 0.824. The van der Waals surface area contributed by atoms with Crippen molar-refractivity contribution in [2.24, 2.45) is 17.3 Å². The maximum Gasteiger partial charge on any atom is 0.110 e. The predicted octanol–water partition coefficient (Wildman–Crippen LogP) is 4.95. The van der Waals surface area contributed by atoms with Crippen LogP contribution in [0, 0.1) is 24.2 Å². The summed E-state index contributed by atoms with van der Waals surface area (Å²) in [4.78, 5) is 4.57. The van der Waals surface area contributed by atoms with Crippen LogP contribution < -0.4 is 5.32 Å². The van der Waals surface area contributed by atoms with Gasteiger partial charge in [-0.05, 0) is 63.3 Å². The molecule has 1 fully saturated rings. The van der Waals surface area contributed by atoms with Gasteiger partial charge in [0.1, 0.15) is 5.01 Å². The molecule has 1 unspecified atom stereocenters. The summed E-state index contributed by atoms with van der Waals surface area (Å²) in [6.07, 6.45) is 5.58. The molecule has 0 spiro atoms. The molecule has 1 aliphatic rings. The van der Waals surface area contributed by atoms with Crippen molar-refractivity contribution in [2.45, 2.75) is 66.3 Å². The van der Waals surface area contributed by atoms with Gasteiger partial charge in [0.15, 0.2) is 0 Å². The summed E-state index contributed by atoms with van der Waals surface area (Å²) in [5.41, 5.74) is 1.63. The lowest BCUT2D eigenvalue weighted by Crippen LogP contribution is -2.31. The van der Waals surface area contributed by atoms with Gasteiger partial charge in [0.2, 0.25) is 0 Å². The second-order valence-electron chi connectivity index (χ2n) is 7.54. The summed E-state index contributed by atoms with van der Waals surface area (Å²) >= 11 is 1.77. The molecule has 0 saturated heterocycles. The summed E-state index contributed by atoms with van der Waals surface area (Å²) in [7, 11) is 0. The molecule has 3 heteroatoms. The highest BCUT2D eigenvalue weighted by atomic mass is 32.1. The Labute approximate surface area is 128 Å². The van der Waals surface area contributed by atoms with Gasteiger partial charge in [-0.2, -0.15) is 0 Å². The first kappa shape index (κ1) is 16.0. The number of nitrogens with one attached hydrogen (secondary N) is 1. The van der Waals surface area contributed by atoms with E-state index < -0.39 is 0 Å². The molecule has 1 saturated carbocycles. The lowest BCUT2D eigenvalue weighted by atomic mass is 9.70. The molecule has 2 rings (SSSR count). The SMILES string of the molecule is Cc1csc(C(C)NCC2CCC(C(C)(C)C)CC2)n1. The Morgan fingerprint density at radius 1 is 1.30 bits per heavy atom. The van der Waals surface area contributed by atoms with E-state index in [0.717, 1.165) is 24.1 Å². The summed E-state index contributed by atoms with van der Waals surface area (Å²) in [6, 6.07) is 0.397. The molecule has 20 heavy (non-hydrogen) atoms. The van der Waals surface area contributed by atoms with Crippen molar-refractivity contribution in [3.8, 4) is 0 Å². The van der Waals surface area contributed by atoms with E-state index in [9.17, 15) is 0 Å². The summed E-state index contributed by atoms with van der Waals surface area (Å²) in [6.45, 7) is 12.6. The van der Waals surface area contributed by atoms with E-state index >= 15 is 0 Å². The molecular formula is C17H30N2S. The molecule has 1 heterocycles. The molecule has 0 radical (unpaired) electrons. The zero-order valence-corrected chi connectivity index (χ0v) is 14.5. The Hall–Kier alpha value is -0.410. The number of nitrogens with zero attached hydrogens (tertiary/aromatic N) is 1. The number of hydrogen-bond acceptors (Lipinski definition) is 3. The largest absolute Gasteiger partial charge is 0.308 e. The van der Waals surface area contributed by atoms with Crippen LogP contribution in [0.5, 0.6) is 0 Å². The van der Waals surface area contributed by atoms with Gasteiger partial charge in [0.05, 0.1) is 6.04 Å². The summed E-state index contributed by atoms with van der Waals surface area (Å²) in [5, 5.41) is 7.05. The smallest absolute Gasteiger partial charge is 0.110 e. The van der Waals surface area contributed by atoms with Gasteiger partial charge in [-0.1, -0.05) is 20.8 Å². The average molecular weight is 295 g/mol. The predicted molar refractivity (Wildman–Crippen MR) is 88.2 cm³/mol. The van der Waals surface area contributed by atoms with Crippen LogP contribution in [0.3, 0.4) is 0 Å². The van der Waals surface area contributed by atoms with Crippen molar-refractivity contribution in [1.29, 1.82) is 0 Å². The van der Waals surface area contributed by atoms with Crippen LogP contribution in [-0.2, 0) is 0 Å². The molecular weight excluding hydrogens is 264 g/mol. The molecule has 114 valence electrons. The van der Waals surface area contributed by atoms with Crippen LogP contribution in [-0.4, -0.2) is 11.5 Å². The van der Waals surface area contributed by atoms with Crippen molar-refractivity contribution in [3.05, 3.63) is 16.1 Å². The van der Waals surface area contributed by atoms with Crippen LogP contribution >= 0.6 is 11.3 Å². The third-order valence-corrected chi connectivity index (χ3v) is 5.94. The standard InChI is InChI=1S/C17H30N2S/c1-12-11-20-16(19-12)13(2)18-10-14-6-8-15(9-7-14)17(3,4)5/h11,13-15,18H,6-10H2,1-5H3. The second kappa shape index (κ2) is 6.57. The van der Waals surface area contributed by atoms with Crippen LogP contribution in [0.1, 0.15) is 70.1 Å². The van der Waals surface area contributed by atoms with Crippen LogP contribution in [0.15, 0.2) is 5.38 Å². The minimum absolute atomic E-state index is 0.397. The Balaban J connectivity index is 1.73. The van der Waals surface area contributed by atoms with Crippen LogP contribution in [0.25, 0.3) is 0 Å². The minimum Gasteiger partial charge on any atom is -0.308 e. The lowest BCUT2D eigenvalue weighted by molar-refractivity contribution is 0.148. The fourth-order valence-corrected chi connectivity index (χ4v) is 4.06. The molecule has 0 aliphatic heterocycles. The van der Waals surface area contributed by atoms with E-state index in [0.29, 0.717) is 11.5 Å². The zero-order valence-electron chi connectivity index (χ0n) is 13.7. The molecule has 0 bridgehead atoms. The topological polar surface area (TPSA) is 24.9 Å². The lowest BCUT2D eigenvalue weighted by Gasteiger charge is -2.37. The molecule has 1 aromatic heterocycles. The first-order valence-electron chi connectivity index (χ1n) is 8.01. The molecule has 1 atom stereocenters. The number of hydrogen-bond donors (Lipinski definition) is 1. The van der Waals surface area contributed by atoms with Crippen molar-refractivity contribution in [1.82, 2.24) is 10.3 Å². The second-order valence-corrected chi connectivity index (χ2v) is 8.43. The third kappa shape index (κ3) is 4.29. The van der Waals surface area contributed by atoms with Crippen molar-refractivity contribution < 1.29 is 0 Å². The average Bonchev–Trinajstić information content (AvgIpc) is 2.82. The van der Waals surface area contributed by atoms with E-state index in [1.165, 1.54) is 30.7 Å². The van der Waals surface area contributed by atoms with Gasteiger partial charge >= 0.3 is 0 Å². The fourth-order valence-electron chi connectivity index (χ4n) is 3.23. The van der Waals surface area contributed by atoms with E-state index in [1.54, 1.807) is 11.3 Å².